The lowest BCUT2D eigenvalue weighted by molar-refractivity contribution is -0.121. The Morgan fingerprint density at radius 3 is 2.45 bits per heavy atom. The highest BCUT2D eigenvalue weighted by Gasteiger charge is 2.40. The van der Waals surface area contributed by atoms with Crippen LogP contribution in [0.25, 0.3) is 0 Å². The molecule has 1 fully saturated rings. The number of thioether (sulfide) groups is 1. The van der Waals surface area contributed by atoms with Crippen molar-refractivity contribution in [2.75, 3.05) is 10.6 Å². The summed E-state index contributed by atoms with van der Waals surface area (Å²) in [4.78, 5) is 26.8. The standard InChI is InChI=1S/C16H13BrN2O2S/c17-10-5-7-11(8-6-10)19-15(20)9-14(16(19)21)22-13-4-2-1-3-12(13)18/h1-8,14H,9,18H2/t14-/m0/s1. The summed E-state index contributed by atoms with van der Waals surface area (Å²) in [7, 11) is 0. The molecule has 0 unspecified atom stereocenters. The molecule has 1 aliphatic rings. The van der Waals surface area contributed by atoms with Gasteiger partial charge in [0.25, 0.3) is 0 Å². The first-order valence-electron chi connectivity index (χ1n) is 6.70. The number of amides is 2. The molecule has 0 spiro atoms. The highest BCUT2D eigenvalue weighted by Crippen LogP contribution is 2.36. The molecule has 4 nitrogen and oxygen atoms in total. The van der Waals surface area contributed by atoms with Crippen LogP contribution in [0.3, 0.4) is 0 Å². The maximum atomic E-state index is 12.5. The van der Waals surface area contributed by atoms with Gasteiger partial charge >= 0.3 is 0 Å². The zero-order valence-electron chi connectivity index (χ0n) is 11.5. The van der Waals surface area contributed by atoms with Crippen LogP contribution >= 0.6 is 27.7 Å². The van der Waals surface area contributed by atoms with Crippen LogP contribution in [0, 0.1) is 0 Å². The number of nitrogens with zero attached hydrogens (tertiary/aromatic N) is 1. The van der Waals surface area contributed by atoms with Gasteiger partial charge in [-0.05, 0) is 36.4 Å². The molecule has 1 atom stereocenters. The normalized spacial score (nSPS) is 18.0. The van der Waals surface area contributed by atoms with Crippen molar-refractivity contribution < 1.29 is 9.59 Å². The van der Waals surface area contributed by atoms with E-state index < -0.39 is 5.25 Å². The van der Waals surface area contributed by atoms with Gasteiger partial charge in [-0.15, -0.1) is 11.8 Å². The fraction of sp³-hybridized carbons (Fsp3) is 0.125. The minimum atomic E-state index is -0.430. The maximum absolute atomic E-state index is 12.5. The zero-order chi connectivity index (χ0) is 15.7. The molecule has 2 aromatic rings. The molecule has 22 heavy (non-hydrogen) atoms. The van der Waals surface area contributed by atoms with Crippen LogP contribution in [-0.2, 0) is 9.59 Å². The second kappa shape index (κ2) is 6.14. The summed E-state index contributed by atoms with van der Waals surface area (Å²) in [5, 5.41) is -0.430. The van der Waals surface area contributed by atoms with Gasteiger partial charge in [0.15, 0.2) is 0 Å². The number of nitrogen functional groups attached to an aromatic ring is 1. The Labute approximate surface area is 140 Å². The lowest BCUT2D eigenvalue weighted by Crippen LogP contribution is -2.31. The van der Waals surface area contributed by atoms with Crippen molar-refractivity contribution in [3.05, 3.63) is 53.0 Å². The molecule has 0 aromatic heterocycles. The lowest BCUT2D eigenvalue weighted by Gasteiger charge is -2.15. The van der Waals surface area contributed by atoms with Gasteiger partial charge in [-0.2, -0.15) is 0 Å². The summed E-state index contributed by atoms with van der Waals surface area (Å²) >= 11 is 4.69. The second-order valence-corrected chi connectivity index (χ2v) is 7.05. The number of hydrogen-bond acceptors (Lipinski definition) is 4. The Kier molecular flexibility index (Phi) is 4.22. The number of para-hydroxylation sites is 1. The molecule has 1 heterocycles. The van der Waals surface area contributed by atoms with Crippen LogP contribution in [0.15, 0.2) is 57.9 Å². The van der Waals surface area contributed by atoms with Crippen LogP contribution < -0.4 is 10.6 Å². The Hall–Kier alpha value is -1.79. The van der Waals surface area contributed by atoms with Crippen molar-refractivity contribution in [3.8, 4) is 0 Å². The molecule has 0 bridgehead atoms. The molecule has 112 valence electrons. The van der Waals surface area contributed by atoms with Gasteiger partial charge in [-0.3, -0.25) is 9.59 Å². The van der Waals surface area contributed by atoms with Crippen molar-refractivity contribution >= 4 is 50.9 Å². The summed E-state index contributed by atoms with van der Waals surface area (Å²) in [6.07, 6.45) is 0.188. The number of rotatable bonds is 3. The van der Waals surface area contributed by atoms with Crippen molar-refractivity contribution in [2.45, 2.75) is 16.6 Å². The molecular weight excluding hydrogens is 364 g/mol. The van der Waals surface area contributed by atoms with Crippen molar-refractivity contribution in [1.29, 1.82) is 0 Å². The smallest absolute Gasteiger partial charge is 0.247 e. The van der Waals surface area contributed by atoms with E-state index in [1.807, 2.05) is 30.3 Å². The molecule has 2 N–H and O–H groups in total. The van der Waals surface area contributed by atoms with Gasteiger partial charge in [0.1, 0.15) is 0 Å². The van der Waals surface area contributed by atoms with Gasteiger partial charge < -0.3 is 5.73 Å². The van der Waals surface area contributed by atoms with Gasteiger partial charge in [0, 0.05) is 21.5 Å². The van der Waals surface area contributed by atoms with Crippen LogP contribution in [0.1, 0.15) is 6.42 Å². The zero-order valence-corrected chi connectivity index (χ0v) is 13.9. The SMILES string of the molecule is Nc1ccccc1S[C@H]1CC(=O)N(c2ccc(Br)cc2)C1=O. The van der Waals surface area contributed by atoms with Crippen molar-refractivity contribution in [1.82, 2.24) is 0 Å². The van der Waals surface area contributed by atoms with Gasteiger partial charge in [-0.1, -0.05) is 28.1 Å². The Bertz CT molecular complexity index is 733. The average molecular weight is 377 g/mol. The van der Waals surface area contributed by atoms with Gasteiger partial charge in [-0.25, -0.2) is 4.90 Å². The number of imide groups is 1. The van der Waals surface area contributed by atoms with E-state index in [9.17, 15) is 9.59 Å². The van der Waals surface area contributed by atoms with Crippen LogP contribution in [0.5, 0.6) is 0 Å². The summed E-state index contributed by atoms with van der Waals surface area (Å²) in [6, 6.07) is 14.5. The summed E-state index contributed by atoms with van der Waals surface area (Å²) in [5.41, 5.74) is 7.12. The van der Waals surface area contributed by atoms with E-state index in [2.05, 4.69) is 15.9 Å². The summed E-state index contributed by atoms with van der Waals surface area (Å²) < 4.78 is 0.901. The number of halogens is 1. The lowest BCUT2D eigenvalue weighted by atomic mass is 10.3. The maximum Gasteiger partial charge on any atom is 0.247 e. The molecular formula is C16H13BrN2O2S. The first-order chi connectivity index (χ1) is 10.6. The molecule has 0 aliphatic carbocycles. The first-order valence-corrected chi connectivity index (χ1v) is 8.37. The summed E-state index contributed by atoms with van der Waals surface area (Å²) in [5.74, 6) is -0.375. The fourth-order valence-corrected chi connectivity index (χ4v) is 3.66. The molecule has 3 rings (SSSR count). The third kappa shape index (κ3) is 2.89. The van der Waals surface area contributed by atoms with E-state index in [-0.39, 0.29) is 18.2 Å². The third-order valence-electron chi connectivity index (χ3n) is 3.38. The predicted octanol–water partition coefficient (Wildman–Crippen LogP) is 3.46. The van der Waals surface area contributed by atoms with E-state index in [1.165, 1.54) is 16.7 Å². The number of benzene rings is 2. The number of hydrogen-bond donors (Lipinski definition) is 1. The second-order valence-electron chi connectivity index (χ2n) is 4.89. The topological polar surface area (TPSA) is 63.4 Å². The van der Waals surface area contributed by atoms with E-state index in [0.29, 0.717) is 11.4 Å². The number of carbonyl (C=O) groups is 2. The van der Waals surface area contributed by atoms with Crippen LogP contribution in [-0.4, -0.2) is 17.1 Å². The van der Waals surface area contributed by atoms with E-state index >= 15 is 0 Å². The van der Waals surface area contributed by atoms with E-state index in [0.717, 1.165) is 9.37 Å². The monoisotopic (exact) mass is 376 g/mol. The molecule has 0 saturated carbocycles. The highest BCUT2D eigenvalue weighted by molar-refractivity contribution is 9.10. The number of carbonyl (C=O) groups excluding carboxylic acids is 2. The summed E-state index contributed by atoms with van der Waals surface area (Å²) in [6.45, 7) is 0. The quantitative estimate of drug-likeness (QED) is 0.657. The average Bonchev–Trinajstić information content (AvgIpc) is 2.77. The molecule has 6 heteroatoms. The van der Waals surface area contributed by atoms with E-state index in [1.54, 1.807) is 18.2 Å². The highest BCUT2D eigenvalue weighted by atomic mass is 79.9. The predicted molar refractivity (Wildman–Crippen MR) is 91.8 cm³/mol. The first kappa shape index (κ1) is 15.1. The molecule has 2 aromatic carbocycles. The molecule has 1 saturated heterocycles. The fourth-order valence-electron chi connectivity index (χ4n) is 2.30. The van der Waals surface area contributed by atoms with Crippen LogP contribution in [0.4, 0.5) is 11.4 Å². The minimum absolute atomic E-state index is 0.181. The van der Waals surface area contributed by atoms with Crippen molar-refractivity contribution in [3.63, 3.8) is 0 Å². The van der Waals surface area contributed by atoms with Gasteiger partial charge in [0.05, 0.1) is 10.9 Å². The van der Waals surface area contributed by atoms with Crippen molar-refractivity contribution in [2.24, 2.45) is 0 Å². The Morgan fingerprint density at radius 2 is 1.77 bits per heavy atom. The number of nitrogens with two attached hydrogens (primary N) is 1. The Balaban J connectivity index is 1.82. The minimum Gasteiger partial charge on any atom is -0.398 e. The third-order valence-corrected chi connectivity index (χ3v) is 5.19. The Morgan fingerprint density at radius 1 is 1.09 bits per heavy atom. The number of anilines is 2. The molecule has 2 amide bonds. The largest absolute Gasteiger partial charge is 0.398 e. The molecule has 0 radical (unpaired) electrons. The molecule has 1 aliphatic heterocycles. The van der Waals surface area contributed by atoms with E-state index in [4.69, 9.17) is 5.73 Å². The van der Waals surface area contributed by atoms with Gasteiger partial charge in [0.2, 0.25) is 11.8 Å². The van der Waals surface area contributed by atoms with Crippen LogP contribution in [0.2, 0.25) is 0 Å².